The summed E-state index contributed by atoms with van der Waals surface area (Å²) in [5.74, 6) is -1.84. The Hall–Kier alpha value is -1.74. The number of benzene rings is 2. The summed E-state index contributed by atoms with van der Waals surface area (Å²) in [6.07, 6.45) is 1.03. The van der Waals surface area contributed by atoms with Crippen LogP contribution in [0.2, 0.25) is 0 Å². The number of anilines is 1. The van der Waals surface area contributed by atoms with Crippen molar-refractivity contribution in [1.82, 2.24) is 9.21 Å². The van der Waals surface area contributed by atoms with Crippen molar-refractivity contribution >= 4 is 28.1 Å². The van der Waals surface area contributed by atoms with Crippen LogP contribution in [0.25, 0.3) is 0 Å². The van der Waals surface area contributed by atoms with Gasteiger partial charge in [0.25, 0.3) is 0 Å². The highest BCUT2D eigenvalue weighted by Gasteiger charge is 2.31. The molecule has 1 saturated heterocycles. The number of halogens is 3. The highest BCUT2D eigenvalue weighted by atomic mass is 35.5. The van der Waals surface area contributed by atoms with Crippen molar-refractivity contribution < 1.29 is 17.2 Å². The smallest absolute Gasteiger partial charge is 0.246 e. The maximum absolute atomic E-state index is 13.9. The van der Waals surface area contributed by atoms with E-state index in [-0.39, 0.29) is 25.5 Å². The van der Waals surface area contributed by atoms with E-state index in [0.717, 1.165) is 31.6 Å². The minimum Gasteiger partial charge on any atom is -0.384 e. The molecule has 0 unspecified atom stereocenters. The van der Waals surface area contributed by atoms with Crippen molar-refractivity contribution in [3.05, 3.63) is 59.2 Å². The van der Waals surface area contributed by atoms with Crippen LogP contribution in [0, 0.1) is 11.6 Å². The number of hydrogen-bond donors (Lipinski definition) is 1. The third-order valence-corrected chi connectivity index (χ3v) is 7.10. The Morgan fingerprint density at radius 2 is 1.79 bits per heavy atom. The Bertz CT molecular complexity index is 964. The van der Waals surface area contributed by atoms with Gasteiger partial charge in [-0.1, -0.05) is 18.2 Å². The average molecular weight is 430 g/mol. The summed E-state index contributed by atoms with van der Waals surface area (Å²) in [6, 6.07) is 8.83. The standard InChI is InChI=1S/C19H21F2N3O2S.ClH/c20-16-4-5-18(17(21)12-16)27(25,26)24-10-8-23(9-11-24)13-15-3-1-2-14-6-7-22-19(14)15;/h1-5,12,22H,6-11,13H2;1H. The summed E-state index contributed by atoms with van der Waals surface area (Å²) in [6.45, 7) is 3.37. The number of sulfonamides is 1. The molecule has 0 amide bonds. The lowest BCUT2D eigenvalue weighted by Gasteiger charge is -2.34. The Kier molecular flexibility index (Phi) is 6.24. The summed E-state index contributed by atoms with van der Waals surface area (Å²) in [5.41, 5.74) is 3.73. The van der Waals surface area contributed by atoms with Gasteiger partial charge in [0.05, 0.1) is 0 Å². The summed E-state index contributed by atoms with van der Waals surface area (Å²) in [4.78, 5) is 1.73. The molecule has 2 aliphatic rings. The average Bonchev–Trinajstić information content (AvgIpc) is 3.12. The SMILES string of the molecule is Cl.O=S(=O)(c1ccc(F)cc1F)N1CCN(Cc2cccc3c2NCC3)CC1. The lowest BCUT2D eigenvalue weighted by molar-refractivity contribution is 0.181. The Balaban J connectivity index is 0.00000225. The number of para-hydroxylation sites is 1. The zero-order valence-corrected chi connectivity index (χ0v) is 16.8. The first-order valence-corrected chi connectivity index (χ1v) is 10.4. The highest BCUT2D eigenvalue weighted by molar-refractivity contribution is 7.89. The van der Waals surface area contributed by atoms with E-state index in [1.54, 1.807) is 0 Å². The van der Waals surface area contributed by atoms with E-state index in [1.807, 2.05) is 0 Å². The molecule has 9 heteroatoms. The molecule has 0 saturated carbocycles. The molecular formula is C19H22ClF2N3O2S. The molecule has 1 N–H and O–H groups in total. The third-order valence-electron chi connectivity index (χ3n) is 5.17. The van der Waals surface area contributed by atoms with Crippen molar-refractivity contribution in [1.29, 1.82) is 0 Å². The molecule has 2 heterocycles. The van der Waals surface area contributed by atoms with E-state index in [4.69, 9.17) is 0 Å². The van der Waals surface area contributed by atoms with Crippen molar-refractivity contribution in [3.8, 4) is 0 Å². The van der Waals surface area contributed by atoms with E-state index >= 15 is 0 Å². The summed E-state index contributed by atoms with van der Waals surface area (Å²) < 4.78 is 53.6. The quantitative estimate of drug-likeness (QED) is 0.812. The van der Waals surface area contributed by atoms with Gasteiger partial charge in [-0.15, -0.1) is 12.4 Å². The molecule has 4 rings (SSSR count). The minimum atomic E-state index is -3.96. The Morgan fingerprint density at radius 3 is 2.50 bits per heavy atom. The van der Waals surface area contributed by atoms with E-state index in [2.05, 4.69) is 28.4 Å². The highest BCUT2D eigenvalue weighted by Crippen LogP contribution is 2.28. The number of hydrogen-bond acceptors (Lipinski definition) is 4. The first-order valence-electron chi connectivity index (χ1n) is 8.97. The number of rotatable bonds is 4. The fourth-order valence-electron chi connectivity index (χ4n) is 3.74. The van der Waals surface area contributed by atoms with Crippen LogP contribution >= 0.6 is 12.4 Å². The molecular weight excluding hydrogens is 408 g/mol. The first-order chi connectivity index (χ1) is 12.9. The van der Waals surface area contributed by atoms with Gasteiger partial charge in [-0.05, 0) is 29.7 Å². The van der Waals surface area contributed by atoms with Crippen LogP contribution in [0.15, 0.2) is 41.3 Å². The summed E-state index contributed by atoms with van der Waals surface area (Å²) >= 11 is 0. The number of nitrogens with one attached hydrogen (secondary N) is 1. The summed E-state index contributed by atoms with van der Waals surface area (Å²) in [7, 11) is -3.96. The fourth-order valence-corrected chi connectivity index (χ4v) is 5.20. The molecule has 2 aromatic rings. The van der Waals surface area contributed by atoms with Gasteiger partial charge in [-0.25, -0.2) is 17.2 Å². The minimum absolute atomic E-state index is 0. The molecule has 0 atom stereocenters. The molecule has 0 radical (unpaired) electrons. The number of nitrogens with zero attached hydrogens (tertiary/aromatic N) is 2. The molecule has 2 aromatic carbocycles. The maximum atomic E-state index is 13.9. The van der Waals surface area contributed by atoms with Crippen LogP contribution in [0.3, 0.4) is 0 Å². The van der Waals surface area contributed by atoms with Gasteiger partial charge in [0.1, 0.15) is 16.5 Å². The monoisotopic (exact) mass is 429 g/mol. The Morgan fingerprint density at radius 1 is 1.04 bits per heavy atom. The molecule has 1 fully saturated rings. The normalized spacial score (nSPS) is 17.6. The molecule has 152 valence electrons. The van der Waals surface area contributed by atoms with Crippen LogP contribution in [0.1, 0.15) is 11.1 Å². The van der Waals surface area contributed by atoms with Gasteiger partial charge < -0.3 is 5.32 Å². The zero-order valence-electron chi connectivity index (χ0n) is 15.2. The topological polar surface area (TPSA) is 52.7 Å². The van der Waals surface area contributed by atoms with Gasteiger partial charge in [-0.2, -0.15) is 4.31 Å². The number of piperazine rings is 1. The van der Waals surface area contributed by atoms with Gasteiger partial charge in [0, 0.05) is 51.0 Å². The Labute approximate surface area is 169 Å². The van der Waals surface area contributed by atoms with Crippen molar-refractivity contribution in [2.45, 2.75) is 17.9 Å². The molecule has 0 aromatic heterocycles. The van der Waals surface area contributed by atoms with Crippen molar-refractivity contribution in [2.24, 2.45) is 0 Å². The second kappa shape index (κ2) is 8.32. The third kappa shape index (κ3) is 4.00. The largest absolute Gasteiger partial charge is 0.384 e. The fraction of sp³-hybridized carbons (Fsp3) is 0.368. The lowest BCUT2D eigenvalue weighted by Crippen LogP contribution is -2.48. The van der Waals surface area contributed by atoms with Gasteiger partial charge in [0.15, 0.2) is 0 Å². The molecule has 0 spiro atoms. The van der Waals surface area contributed by atoms with Crippen LogP contribution in [-0.2, 0) is 23.0 Å². The summed E-state index contributed by atoms with van der Waals surface area (Å²) in [5, 5.41) is 3.42. The van der Waals surface area contributed by atoms with Crippen LogP contribution in [0.4, 0.5) is 14.5 Å². The van der Waals surface area contributed by atoms with E-state index in [1.165, 1.54) is 21.1 Å². The van der Waals surface area contributed by atoms with Gasteiger partial charge >= 0.3 is 0 Å². The number of fused-ring (bicyclic) bond motifs is 1. The second-order valence-corrected chi connectivity index (χ2v) is 8.79. The van der Waals surface area contributed by atoms with Crippen molar-refractivity contribution in [3.63, 3.8) is 0 Å². The molecule has 0 aliphatic carbocycles. The van der Waals surface area contributed by atoms with Gasteiger partial charge in [0.2, 0.25) is 10.0 Å². The van der Waals surface area contributed by atoms with Gasteiger partial charge in [-0.3, -0.25) is 4.90 Å². The zero-order chi connectivity index (χ0) is 19.0. The predicted octanol–water partition coefficient (Wildman–Crippen LogP) is 2.86. The van der Waals surface area contributed by atoms with Crippen LogP contribution in [0.5, 0.6) is 0 Å². The predicted molar refractivity (Wildman–Crippen MR) is 106 cm³/mol. The molecule has 28 heavy (non-hydrogen) atoms. The van der Waals surface area contributed by atoms with Crippen molar-refractivity contribution in [2.75, 3.05) is 38.0 Å². The molecule has 0 bridgehead atoms. The van der Waals surface area contributed by atoms with E-state index in [9.17, 15) is 17.2 Å². The first kappa shape index (κ1) is 21.0. The van der Waals surface area contributed by atoms with E-state index < -0.39 is 26.6 Å². The van der Waals surface area contributed by atoms with E-state index in [0.29, 0.717) is 19.2 Å². The van der Waals surface area contributed by atoms with Crippen LogP contribution in [-0.4, -0.2) is 50.3 Å². The maximum Gasteiger partial charge on any atom is 0.246 e. The molecule has 5 nitrogen and oxygen atoms in total. The van der Waals surface area contributed by atoms with Crippen LogP contribution < -0.4 is 5.32 Å². The molecule has 2 aliphatic heterocycles. The lowest BCUT2D eigenvalue weighted by atomic mass is 10.1. The second-order valence-electron chi connectivity index (χ2n) is 6.88.